The Bertz CT molecular complexity index is 1880. The molecule has 0 fully saturated rings. The summed E-state index contributed by atoms with van der Waals surface area (Å²) in [5.74, 6) is 0.169. The van der Waals surface area contributed by atoms with Gasteiger partial charge in [0.2, 0.25) is 0 Å². The second-order valence-corrected chi connectivity index (χ2v) is 23.0. The molecule has 2 heterocycles. The van der Waals surface area contributed by atoms with Crippen LogP contribution in [0.3, 0.4) is 0 Å². The molecular weight excluding hydrogens is 701 g/mol. The molecule has 0 radical (unpaired) electrons. The molecule has 1 aliphatic heterocycles. The zero-order chi connectivity index (χ0) is 37.3. The molecule has 0 spiro atoms. The van der Waals surface area contributed by atoms with Gasteiger partial charge in [-0.05, 0) is 71.9 Å². The van der Waals surface area contributed by atoms with E-state index in [9.17, 15) is 27.6 Å². The summed E-state index contributed by atoms with van der Waals surface area (Å²) in [6.07, 6.45) is -4.23. The number of pyridine rings is 1. The minimum absolute atomic E-state index is 0.0969. The van der Waals surface area contributed by atoms with Crippen LogP contribution in [-0.2, 0) is 17.3 Å². The number of hydrogen-bond acceptors (Lipinski definition) is 7. The highest BCUT2D eigenvalue weighted by atomic mass is 32.1. The van der Waals surface area contributed by atoms with Crippen LogP contribution in [0.4, 0.5) is 13.2 Å². The molecular formula is C37H46F3N2O5PSSi. The molecule has 1 atom stereocenters. The number of aromatic nitrogens is 1. The van der Waals surface area contributed by atoms with Crippen LogP contribution in [0.1, 0.15) is 74.8 Å². The summed E-state index contributed by atoms with van der Waals surface area (Å²) in [6, 6.07) is 15.6. The Morgan fingerprint density at radius 2 is 1.56 bits per heavy atom. The second-order valence-electron chi connectivity index (χ2n) is 13.8. The number of fused-ring (bicyclic) bond motifs is 2. The smallest absolute Gasteiger partial charge is 0.416 e. The summed E-state index contributed by atoms with van der Waals surface area (Å²) in [6.45, 7) is 16.3. The van der Waals surface area contributed by atoms with Crippen molar-refractivity contribution in [2.45, 2.75) is 82.0 Å². The van der Waals surface area contributed by atoms with Gasteiger partial charge in [0.25, 0.3) is 14.2 Å². The fraction of sp³-hybridized carbons (Fsp3) is 0.405. The molecule has 0 saturated carbocycles. The molecule has 13 heteroatoms. The van der Waals surface area contributed by atoms with E-state index in [1.54, 1.807) is 25.6 Å². The van der Waals surface area contributed by atoms with Gasteiger partial charge in [0.15, 0.2) is 6.23 Å². The topological polar surface area (TPSA) is 89.0 Å². The fourth-order valence-electron chi connectivity index (χ4n) is 6.97. The van der Waals surface area contributed by atoms with Crippen molar-refractivity contribution in [2.24, 2.45) is 0 Å². The van der Waals surface area contributed by atoms with Gasteiger partial charge < -0.3 is 23.7 Å². The summed E-state index contributed by atoms with van der Waals surface area (Å²) in [5.41, 5.74) is 1.23. The normalized spacial score (nSPS) is 15.1. The van der Waals surface area contributed by atoms with Crippen LogP contribution in [0.15, 0.2) is 71.8 Å². The third kappa shape index (κ3) is 7.78. The number of hydrogen-bond donors (Lipinski definition) is 2. The molecule has 50 heavy (non-hydrogen) atoms. The van der Waals surface area contributed by atoms with Crippen molar-refractivity contribution < 1.29 is 36.8 Å². The van der Waals surface area contributed by atoms with Gasteiger partial charge >= 0.3 is 6.18 Å². The molecule has 1 aliphatic rings. The second kappa shape index (κ2) is 15.1. The van der Waals surface area contributed by atoms with Crippen molar-refractivity contribution >= 4 is 50.2 Å². The Balaban J connectivity index is 0.000000435. The third-order valence-corrected chi connectivity index (χ3v) is 17.1. The lowest BCUT2D eigenvalue weighted by atomic mass is 10.0. The average Bonchev–Trinajstić information content (AvgIpc) is 3.27. The number of alkyl halides is 3. The molecule has 0 saturated heterocycles. The molecule has 1 aromatic heterocycles. The van der Waals surface area contributed by atoms with Crippen molar-refractivity contribution in [1.29, 1.82) is 0 Å². The van der Waals surface area contributed by atoms with E-state index in [0.29, 0.717) is 28.0 Å². The van der Waals surface area contributed by atoms with Crippen LogP contribution in [0, 0.1) is 0 Å². The van der Waals surface area contributed by atoms with Crippen molar-refractivity contribution in [2.75, 3.05) is 20.4 Å². The number of nitrogens with zero attached hydrogens (tertiary/aromatic N) is 2. The Hall–Kier alpha value is -3.31. The van der Waals surface area contributed by atoms with Crippen molar-refractivity contribution in [1.82, 2.24) is 9.88 Å². The van der Waals surface area contributed by atoms with Crippen LogP contribution in [-0.4, -0.2) is 49.7 Å². The first-order chi connectivity index (χ1) is 23.2. The van der Waals surface area contributed by atoms with E-state index >= 15 is 0 Å². The van der Waals surface area contributed by atoms with Gasteiger partial charge in [0, 0.05) is 28.3 Å². The van der Waals surface area contributed by atoms with Gasteiger partial charge in [-0.2, -0.15) is 13.2 Å². The van der Waals surface area contributed by atoms with E-state index in [0.717, 1.165) is 22.3 Å². The van der Waals surface area contributed by atoms with E-state index in [4.69, 9.17) is 9.16 Å². The fourth-order valence-corrected chi connectivity index (χ4v) is 13.5. The maximum absolute atomic E-state index is 14.0. The lowest BCUT2D eigenvalue weighted by Crippen LogP contribution is -2.51. The number of thiol groups is 1. The Morgan fingerprint density at radius 3 is 2.04 bits per heavy atom. The van der Waals surface area contributed by atoms with Gasteiger partial charge in [0.05, 0.1) is 23.8 Å². The summed E-state index contributed by atoms with van der Waals surface area (Å²) < 4.78 is 63.5. The number of amides is 1. The minimum Gasteiger partial charge on any atom is -0.541 e. The van der Waals surface area contributed by atoms with Crippen LogP contribution in [0.2, 0.25) is 16.6 Å². The van der Waals surface area contributed by atoms with Crippen molar-refractivity contribution in [3.05, 3.63) is 89.1 Å². The highest BCUT2D eigenvalue weighted by molar-refractivity contribution is 7.80. The van der Waals surface area contributed by atoms with E-state index in [1.807, 2.05) is 30.3 Å². The number of aliphatic hydroxyl groups is 1. The molecule has 270 valence electrons. The number of aliphatic hydroxyl groups excluding tert-OH is 1. The van der Waals surface area contributed by atoms with E-state index in [1.165, 1.54) is 24.1 Å². The van der Waals surface area contributed by atoms with Crippen LogP contribution >= 0.6 is 19.8 Å². The molecule has 1 unspecified atom stereocenters. The minimum atomic E-state index is -4.47. The molecule has 1 amide bonds. The molecule has 0 aliphatic carbocycles. The predicted molar refractivity (Wildman–Crippen MR) is 199 cm³/mol. The number of carbonyl (C=O) groups is 1. The molecule has 5 rings (SSSR count). The standard InChI is InChI=1S/C29H35F3N2O4Si.C8H11OPS/c1-16(2)39(17(3)4,18(5)6)38-26-23-22(25(37-7)21-9-8-14-33-24(21)26)27(35)34(28(23)36)15-19-10-12-20(13-11-19)29(30,31)32;1-10(2,9)7-4-3-5-8(11)6-7/h8-14,16-18,27,35H,15H2,1-7H3;3-6,11H,1-2H3. The Morgan fingerprint density at radius 1 is 0.960 bits per heavy atom. The largest absolute Gasteiger partial charge is 0.541 e. The molecule has 7 nitrogen and oxygen atoms in total. The van der Waals surface area contributed by atoms with Gasteiger partial charge in [-0.15, -0.1) is 12.6 Å². The van der Waals surface area contributed by atoms with Gasteiger partial charge in [-0.25, -0.2) is 0 Å². The van der Waals surface area contributed by atoms with Crippen LogP contribution < -0.4 is 14.5 Å². The number of carbonyl (C=O) groups excluding carboxylic acids is 1. The zero-order valence-corrected chi connectivity index (χ0v) is 32.7. The average molecular weight is 747 g/mol. The number of methoxy groups -OCH3 is 1. The highest BCUT2D eigenvalue weighted by Crippen LogP contribution is 2.52. The number of ether oxygens (including phenoxy) is 1. The third-order valence-electron chi connectivity index (χ3n) is 9.31. The maximum Gasteiger partial charge on any atom is 0.416 e. The number of benzene rings is 3. The summed E-state index contributed by atoms with van der Waals surface area (Å²) >= 11 is 4.16. The number of rotatable bonds is 9. The van der Waals surface area contributed by atoms with Crippen molar-refractivity contribution in [3.8, 4) is 11.5 Å². The van der Waals surface area contributed by atoms with E-state index in [-0.39, 0.29) is 34.3 Å². The van der Waals surface area contributed by atoms with Gasteiger partial charge in [-0.1, -0.05) is 65.8 Å². The molecule has 3 aromatic carbocycles. The first-order valence-electron chi connectivity index (χ1n) is 16.4. The van der Waals surface area contributed by atoms with E-state index < -0.39 is 39.3 Å². The van der Waals surface area contributed by atoms with Crippen molar-refractivity contribution in [3.63, 3.8) is 0 Å². The lowest BCUT2D eigenvalue weighted by molar-refractivity contribution is -0.137. The van der Waals surface area contributed by atoms with Gasteiger partial charge in [-0.3, -0.25) is 9.78 Å². The Labute approximate surface area is 299 Å². The summed E-state index contributed by atoms with van der Waals surface area (Å²) in [4.78, 5) is 20.7. The summed E-state index contributed by atoms with van der Waals surface area (Å²) in [5, 5.41) is 13.0. The quantitative estimate of drug-likeness (QED) is 0.101. The molecule has 1 N–H and O–H groups in total. The molecule has 0 bridgehead atoms. The van der Waals surface area contributed by atoms with E-state index in [2.05, 4.69) is 59.2 Å². The Kier molecular flexibility index (Phi) is 11.9. The van der Waals surface area contributed by atoms with Crippen LogP contribution in [0.5, 0.6) is 11.5 Å². The SMILES string of the molecule is COc1c2c(c(O[Si](C(C)C)(C(C)C)C(C)C)c3ncccc13)C(=O)N(Cc1ccc(C(F)(F)F)cc1)C2O.CP(C)(=O)c1cccc(S)c1. The highest BCUT2D eigenvalue weighted by Gasteiger charge is 2.50. The molecule has 4 aromatic rings. The number of halogens is 3. The van der Waals surface area contributed by atoms with Crippen LogP contribution in [0.25, 0.3) is 10.9 Å². The first-order valence-corrected chi connectivity index (χ1v) is 21.6. The zero-order valence-electron chi connectivity index (χ0n) is 29.9. The predicted octanol–water partition coefficient (Wildman–Crippen LogP) is 9.69. The summed E-state index contributed by atoms with van der Waals surface area (Å²) in [7, 11) is -3.20. The monoisotopic (exact) mass is 746 g/mol. The van der Waals surface area contributed by atoms with Gasteiger partial charge in [0.1, 0.15) is 24.2 Å². The lowest BCUT2D eigenvalue weighted by Gasteiger charge is -2.42. The first kappa shape index (κ1) is 39.5. The maximum atomic E-state index is 14.0.